The third-order valence-corrected chi connectivity index (χ3v) is 2.56. The lowest BCUT2D eigenvalue weighted by Crippen LogP contribution is -2.40. The summed E-state index contributed by atoms with van der Waals surface area (Å²) < 4.78 is 5.25. The van der Waals surface area contributed by atoms with Crippen LogP contribution in [0.25, 0.3) is 0 Å². The predicted octanol–water partition coefficient (Wildman–Crippen LogP) is 0.392. The summed E-state index contributed by atoms with van der Waals surface area (Å²) >= 11 is 0. The highest BCUT2D eigenvalue weighted by Gasteiger charge is 2.23. The number of carboxylic acids is 1. The van der Waals surface area contributed by atoms with Crippen molar-refractivity contribution in [1.82, 2.24) is 5.32 Å². The molecule has 2 unspecified atom stereocenters. The molecule has 0 saturated carbocycles. The zero-order chi connectivity index (χ0) is 11.3. The Labute approximate surface area is 88.8 Å². The number of nitrogens with one attached hydrogen (secondary N) is 1. The molecule has 1 aliphatic rings. The SMILES string of the molecule is CC(C(=O)O)C(=O)NC1CCCOCC1. The molecule has 1 aliphatic heterocycles. The van der Waals surface area contributed by atoms with Crippen molar-refractivity contribution in [3.05, 3.63) is 0 Å². The molecular weight excluding hydrogens is 198 g/mol. The van der Waals surface area contributed by atoms with Crippen molar-refractivity contribution in [3.63, 3.8) is 0 Å². The van der Waals surface area contributed by atoms with E-state index in [-0.39, 0.29) is 6.04 Å². The summed E-state index contributed by atoms with van der Waals surface area (Å²) in [6.07, 6.45) is 2.53. The van der Waals surface area contributed by atoms with E-state index in [0.717, 1.165) is 25.9 Å². The molecule has 0 aromatic rings. The van der Waals surface area contributed by atoms with Gasteiger partial charge in [0.05, 0.1) is 0 Å². The van der Waals surface area contributed by atoms with Crippen LogP contribution in [0.4, 0.5) is 0 Å². The van der Waals surface area contributed by atoms with E-state index < -0.39 is 17.8 Å². The summed E-state index contributed by atoms with van der Waals surface area (Å²) in [7, 11) is 0. The van der Waals surface area contributed by atoms with Gasteiger partial charge in [0.1, 0.15) is 5.92 Å². The quantitative estimate of drug-likeness (QED) is 0.668. The molecule has 0 aliphatic carbocycles. The van der Waals surface area contributed by atoms with Gasteiger partial charge in [0.25, 0.3) is 0 Å². The summed E-state index contributed by atoms with van der Waals surface area (Å²) in [6, 6.07) is 0.0572. The molecule has 0 radical (unpaired) electrons. The number of ether oxygens (including phenoxy) is 1. The summed E-state index contributed by atoms with van der Waals surface area (Å²) in [5.74, 6) is -2.47. The lowest BCUT2D eigenvalue weighted by molar-refractivity contribution is -0.146. The molecule has 5 nitrogen and oxygen atoms in total. The summed E-state index contributed by atoms with van der Waals surface area (Å²) in [6.45, 7) is 2.75. The van der Waals surface area contributed by atoms with Crippen LogP contribution in [0.2, 0.25) is 0 Å². The van der Waals surface area contributed by atoms with Crippen molar-refractivity contribution < 1.29 is 19.4 Å². The lowest BCUT2D eigenvalue weighted by Gasteiger charge is -2.17. The average Bonchev–Trinajstić information content (AvgIpc) is 2.45. The van der Waals surface area contributed by atoms with E-state index in [1.54, 1.807) is 0 Å². The van der Waals surface area contributed by atoms with Crippen LogP contribution < -0.4 is 5.32 Å². The van der Waals surface area contributed by atoms with Gasteiger partial charge in [-0.15, -0.1) is 0 Å². The van der Waals surface area contributed by atoms with Gasteiger partial charge in [-0.05, 0) is 26.2 Å². The molecule has 0 bridgehead atoms. The van der Waals surface area contributed by atoms with Crippen LogP contribution in [0.5, 0.6) is 0 Å². The largest absolute Gasteiger partial charge is 0.481 e. The lowest BCUT2D eigenvalue weighted by atomic mass is 10.1. The van der Waals surface area contributed by atoms with Crippen molar-refractivity contribution in [2.24, 2.45) is 5.92 Å². The van der Waals surface area contributed by atoms with Crippen molar-refractivity contribution >= 4 is 11.9 Å². The highest BCUT2D eigenvalue weighted by atomic mass is 16.5. The number of hydrogen-bond donors (Lipinski definition) is 2. The molecule has 1 saturated heterocycles. The Bertz CT molecular complexity index is 234. The van der Waals surface area contributed by atoms with Gasteiger partial charge in [0.2, 0.25) is 5.91 Å². The Morgan fingerprint density at radius 1 is 1.40 bits per heavy atom. The number of aliphatic carboxylic acids is 1. The Balaban J connectivity index is 2.38. The molecule has 1 heterocycles. The molecule has 86 valence electrons. The first-order chi connectivity index (χ1) is 7.11. The van der Waals surface area contributed by atoms with Crippen LogP contribution in [0.15, 0.2) is 0 Å². The molecule has 0 aromatic carbocycles. The van der Waals surface area contributed by atoms with Crippen molar-refractivity contribution in [2.75, 3.05) is 13.2 Å². The second kappa shape index (κ2) is 5.70. The molecule has 0 spiro atoms. The van der Waals surface area contributed by atoms with Crippen LogP contribution in [0, 0.1) is 5.92 Å². The first-order valence-electron chi connectivity index (χ1n) is 5.22. The van der Waals surface area contributed by atoms with Gasteiger partial charge in [-0.25, -0.2) is 0 Å². The minimum atomic E-state index is -1.09. The van der Waals surface area contributed by atoms with Crippen molar-refractivity contribution in [1.29, 1.82) is 0 Å². The fourth-order valence-electron chi connectivity index (χ4n) is 1.49. The van der Waals surface area contributed by atoms with Gasteiger partial charge in [-0.2, -0.15) is 0 Å². The van der Waals surface area contributed by atoms with E-state index in [1.807, 2.05) is 0 Å². The second-order valence-electron chi connectivity index (χ2n) is 3.81. The van der Waals surface area contributed by atoms with Gasteiger partial charge in [-0.1, -0.05) is 0 Å². The van der Waals surface area contributed by atoms with E-state index in [1.165, 1.54) is 6.92 Å². The fourth-order valence-corrected chi connectivity index (χ4v) is 1.49. The highest BCUT2D eigenvalue weighted by Crippen LogP contribution is 2.09. The van der Waals surface area contributed by atoms with E-state index in [2.05, 4.69) is 5.32 Å². The number of carbonyl (C=O) groups excluding carboxylic acids is 1. The minimum absolute atomic E-state index is 0.0572. The van der Waals surface area contributed by atoms with E-state index in [9.17, 15) is 9.59 Å². The maximum absolute atomic E-state index is 11.4. The molecule has 5 heteroatoms. The van der Waals surface area contributed by atoms with Gasteiger partial charge in [0.15, 0.2) is 0 Å². The first-order valence-corrected chi connectivity index (χ1v) is 5.22. The zero-order valence-electron chi connectivity index (χ0n) is 8.86. The van der Waals surface area contributed by atoms with Crippen LogP contribution in [0.3, 0.4) is 0 Å². The van der Waals surface area contributed by atoms with E-state index in [4.69, 9.17) is 9.84 Å². The van der Waals surface area contributed by atoms with Crippen LogP contribution in [-0.4, -0.2) is 36.2 Å². The molecule has 1 amide bonds. The van der Waals surface area contributed by atoms with E-state index >= 15 is 0 Å². The van der Waals surface area contributed by atoms with Gasteiger partial charge >= 0.3 is 5.97 Å². The maximum Gasteiger partial charge on any atom is 0.315 e. The Kier molecular flexibility index (Phi) is 4.55. The smallest absolute Gasteiger partial charge is 0.315 e. The molecule has 2 N–H and O–H groups in total. The summed E-state index contributed by atoms with van der Waals surface area (Å²) in [4.78, 5) is 22.0. The van der Waals surface area contributed by atoms with E-state index in [0.29, 0.717) is 6.61 Å². The van der Waals surface area contributed by atoms with Crippen LogP contribution in [-0.2, 0) is 14.3 Å². The Hall–Kier alpha value is -1.10. The van der Waals surface area contributed by atoms with Crippen molar-refractivity contribution in [2.45, 2.75) is 32.2 Å². The third kappa shape index (κ3) is 3.87. The first kappa shape index (κ1) is 12.0. The van der Waals surface area contributed by atoms with Gasteiger partial charge < -0.3 is 15.2 Å². The second-order valence-corrected chi connectivity index (χ2v) is 3.81. The molecule has 2 atom stereocenters. The van der Waals surface area contributed by atoms with Crippen LogP contribution >= 0.6 is 0 Å². The standard InChI is InChI=1S/C10H17NO4/c1-7(10(13)14)9(12)11-8-3-2-5-15-6-4-8/h7-8H,2-6H2,1H3,(H,11,12)(H,13,14). The Morgan fingerprint density at radius 3 is 2.80 bits per heavy atom. The Morgan fingerprint density at radius 2 is 2.13 bits per heavy atom. The molecule has 1 rings (SSSR count). The molecular formula is C10H17NO4. The molecule has 0 aromatic heterocycles. The topological polar surface area (TPSA) is 75.6 Å². The maximum atomic E-state index is 11.4. The molecule has 1 fully saturated rings. The van der Waals surface area contributed by atoms with Crippen LogP contribution in [0.1, 0.15) is 26.2 Å². The third-order valence-electron chi connectivity index (χ3n) is 2.56. The summed E-state index contributed by atoms with van der Waals surface area (Å²) in [5, 5.41) is 11.4. The fraction of sp³-hybridized carbons (Fsp3) is 0.800. The van der Waals surface area contributed by atoms with Crippen molar-refractivity contribution in [3.8, 4) is 0 Å². The van der Waals surface area contributed by atoms with Gasteiger partial charge in [-0.3, -0.25) is 9.59 Å². The summed E-state index contributed by atoms with van der Waals surface area (Å²) in [5.41, 5.74) is 0. The number of amides is 1. The number of hydrogen-bond acceptors (Lipinski definition) is 3. The zero-order valence-corrected chi connectivity index (χ0v) is 8.86. The van der Waals surface area contributed by atoms with Gasteiger partial charge in [0, 0.05) is 19.3 Å². The molecule has 15 heavy (non-hydrogen) atoms. The highest BCUT2D eigenvalue weighted by molar-refractivity contribution is 5.96. The normalized spacial score (nSPS) is 23.9. The predicted molar refractivity (Wildman–Crippen MR) is 53.4 cm³/mol. The number of carboxylic acid groups (broad SMARTS) is 1. The minimum Gasteiger partial charge on any atom is -0.481 e. The average molecular weight is 215 g/mol. The number of rotatable bonds is 3. The monoisotopic (exact) mass is 215 g/mol. The number of carbonyl (C=O) groups is 2.